The Morgan fingerprint density at radius 3 is 2.42 bits per heavy atom. The molecule has 0 saturated heterocycles. The summed E-state index contributed by atoms with van der Waals surface area (Å²) in [5.74, 6) is -1.07. The fraction of sp³-hybridized carbons (Fsp3) is 0.222. The van der Waals surface area contributed by atoms with Crippen LogP contribution < -0.4 is 5.32 Å². The highest BCUT2D eigenvalue weighted by molar-refractivity contribution is 7.88. The molecule has 8 heteroatoms. The fourth-order valence-electron chi connectivity index (χ4n) is 2.26. The SMILES string of the molecule is CS(=O)(=O)N(CC(=O)Nc1ccc(CC#N)cc1)Cc1ccccc1F. The van der Waals surface area contributed by atoms with E-state index < -0.39 is 28.3 Å². The zero-order chi connectivity index (χ0) is 19.2. The monoisotopic (exact) mass is 375 g/mol. The van der Waals surface area contributed by atoms with E-state index in [0.717, 1.165) is 16.1 Å². The molecule has 0 aliphatic heterocycles. The molecule has 0 radical (unpaired) electrons. The second-order valence-corrected chi connectivity index (χ2v) is 7.68. The second-order valence-electron chi connectivity index (χ2n) is 5.70. The van der Waals surface area contributed by atoms with Crippen LogP contribution in [0.15, 0.2) is 48.5 Å². The van der Waals surface area contributed by atoms with Crippen molar-refractivity contribution in [2.75, 3.05) is 18.1 Å². The van der Waals surface area contributed by atoms with Crippen LogP contribution in [0.2, 0.25) is 0 Å². The quantitative estimate of drug-likeness (QED) is 0.804. The zero-order valence-electron chi connectivity index (χ0n) is 14.1. The molecule has 2 aromatic carbocycles. The molecular weight excluding hydrogens is 357 g/mol. The van der Waals surface area contributed by atoms with Gasteiger partial charge in [-0.2, -0.15) is 9.57 Å². The first-order chi connectivity index (χ1) is 12.3. The van der Waals surface area contributed by atoms with Crippen LogP contribution in [-0.2, 0) is 27.8 Å². The molecule has 1 N–H and O–H groups in total. The molecule has 136 valence electrons. The van der Waals surface area contributed by atoms with Crippen LogP contribution in [0.25, 0.3) is 0 Å². The molecule has 0 aromatic heterocycles. The van der Waals surface area contributed by atoms with Gasteiger partial charge < -0.3 is 5.32 Å². The van der Waals surface area contributed by atoms with Crippen molar-refractivity contribution in [3.05, 3.63) is 65.5 Å². The Bertz CT molecular complexity index is 921. The predicted octanol–water partition coefficient (Wildman–Crippen LogP) is 2.29. The molecule has 0 bridgehead atoms. The Morgan fingerprint density at radius 2 is 1.85 bits per heavy atom. The van der Waals surface area contributed by atoms with Gasteiger partial charge in [0, 0.05) is 17.8 Å². The lowest BCUT2D eigenvalue weighted by Crippen LogP contribution is -2.37. The van der Waals surface area contributed by atoms with E-state index in [0.29, 0.717) is 5.69 Å². The highest BCUT2D eigenvalue weighted by Crippen LogP contribution is 2.14. The number of halogens is 1. The molecule has 0 aliphatic rings. The minimum Gasteiger partial charge on any atom is -0.325 e. The number of hydrogen-bond donors (Lipinski definition) is 1. The molecule has 0 atom stereocenters. The first-order valence-electron chi connectivity index (χ1n) is 7.74. The van der Waals surface area contributed by atoms with E-state index >= 15 is 0 Å². The van der Waals surface area contributed by atoms with Gasteiger partial charge in [-0.05, 0) is 23.8 Å². The average Bonchev–Trinajstić information content (AvgIpc) is 2.57. The van der Waals surface area contributed by atoms with Gasteiger partial charge in [-0.1, -0.05) is 30.3 Å². The number of carbonyl (C=O) groups excluding carboxylic acids is 1. The van der Waals surface area contributed by atoms with E-state index in [1.165, 1.54) is 18.2 Å². The summed E-state index contributed by atoms with van der Waals surface area (Å²) < 4.78 is 38.6. The molecule has 1 amide bonds. The summed E-state index contributed by atoms with van der Waals surface area (Å²) in [6, 6.07) is 14.5. The Balaban J connectivity index is 2.07. The number of amides is 1. The minimum absolute atomic E-state index is 0.187. The molecule has 0 saturated carbocycles. The molecule has 0 spiro atoms. The van der Waals surface area contributed by atoms with E-state index in [4.69, 9.17) is 5.26 Å². The third-order valence-corrected chi connectivity index (χ3v) is 4.81. The van der Waals surface area contributed by atoms with Crippen molar-refractivity contribution in [2.45, 2.75) is 13.0 Å². The fourth-order valence-corrected chi connectivity index (χ4v) is 2.99. The molecule has 0 unspecified atom stereocenters. The number of nitrogens with zero attached hydrogens (tertiary/aromatic N) is 2. The number of anilines is 1. The van der Waals surface area contributed by atoms with Crippen LogP contribution in [-0.4, -0.2) is 31.4 Å². The molecule has 0 aliphatic carbocycles. The Kier molecular flexibility index (Phi) is 6.44. The van der Waals surface area contributed by atoms with Crippen molar-refractivity contribution in [1.29, 1.82) is 5.26 Å². The van der Waals surface area contributed by atoms with Crippen molar-refractivity contribution in [3.63, 3.8) is 0 Å². The molecular formula is C18H18FN3O3S. The van der Waals surface area contributed by atoms with Crippen LogP contribution in [0.5, 0.6) is 0 Å². The van der Waals surface area contributed by atoms with Crippen LogP contribution in [0.3, 0.4) is 0 Å². The smallest absolute Gasteiger partial charge is 0.239 e. The van der Waals surface area contributed by atoms with Crippen molar-refractivity contribution in [1.82, 2.24) is 4.31 Å². The summed E-state index contributed by atoms with van der Waals surface area (Å²) in [6.45, 7) is -0.673. The van der Waals surface area contributed by atoms with Gasteiger partial charge in [0.15, 0.2) is 0 Å². The number of rotatable bonds is 7. The topological polar surface area (TPSA) is 90.3 Å². The maximum atomic E-state index is 13.8. The minimum atomic E-state index is -3.71. The Morgan fingerprint density at radius 1 is 1.19 bits per heavy atom. The lowest BCUT2D eigenvalue weighted by Gasteiger charge is -2.20. The average molecular weight is 375 g/mol. The lowest BCUT2D eigenvalue weighted by molar-refractivity contribution is -0.116. The van der Waals surface area contributed by atoms with Gasteiger partial charge in [0.05, 0.1) is 25.3 Å². The highest BCUT2D eigenvalue weighted by atomic mass is 32.2. The van der Waals surface area contributed by atoms with Crippen molar-refractivity contribution < 1.29 is 17.6 Å². The number of hydrogen-bond acceptors (Lipinski definition) is 4. The van der Waals surface area contributed by atoms with E-state index in [-0.39, 0.29) is 18.5 Å². The molecule has 6 nitrogen and oxygen atoms in total. The summed E-state index contributed by atoms with van der Waals surface area (Å²) in [5, 5.41) is 11.2. The van der Waals surface area contributed by atoms with E-state index in [2.05, 4.69) is 5.32 Å². The van der Waals surface area contributed by atoms with Crippen LogP contribution in [0, 0.1) is 17.1 Å². The third kappa shape index (κ3) is 5.65. The number of sulfonamides is 1. The summed E-state index contributed by atoms with van der Waals surface area (Å²) in [4.78, 5) is 12.2. The summed E-state index contributed by atoms with van der Waals surface area (Å²) >= 11 is 0. The molecule has 2 aromatic rings. The number of benzene rings is 2. The van der Waals surface area contributed by atoms with Gasteiger partial charge >= 0.3 is 0 Å². The maximum absolute atomic E-state index is 13.8. The highest BCUT2D eigenvalue weighted by Gasteiger charge is 2.21. The maximum Gasteiger partial charge on any atom is 0.239 e. The van der Waals surface area contributed by atoms with E-state index in [1.54, 1.807) is 30.3 Å². The second kappa shape index (κ2) is 8.56. The number of carbonyl (C=O) groups is 1. The molecule has 2 rings (SSSR count). The number of nitrogens with one attached hydrogen (secondary N) is 1. The van der Waals surface area contributed by atoms with Crippen molar-refractivity contribution in [2.24, 2.45) is 0 Å². The largest absolute Gasteiger partial charge is 0.325 e. The summed E-state index contributed by atoms with van der Waals surface area (Å²) in [5.41, 5.74) is 1.48. The number of nitriles is 1. The van der Waals surface area contributed by atoms with Crippen LogP contribution >= 0.6 is 0 Å². The van der Waals surface area contributed by atoms with Gasteiger partial charge in [-0.3, -0.25) is 4.79 Å². The van der Waals surface area contributed by atoms with E-state index in [9.17, 15) is 17.6 Å². The van der Waals surface area contributed by atoms with Gasteiger partial charge in [0.1, 0.15) is 5.82 Å². The van der Waals surface area contributed by atoms with Gasteiger partial charge in [-0.15, -0.1) is 0 Å². The predicted molar refractivity (Wildman–Crippen MR) is 96.0 cm³/mol. The normalized spacial score (nSPS) is 11.2. The van der Waals surface area contributed by atoms with E-state index in [1.807, 2.05) is 6.07 Å². The Labute approximate surface area is 151 Å². The standard InChI is InChI=1S/C18H18FN3O3S/c1-26(24,25)22(12-15-4-2-3-5-17(15)19)13-18(23)21-16-8-6-14(7-9-16)10-11-20/h2-9H,10,12-13H2,1H3,(H,21,23). The molecule has 0 fully saturated rings. The van der Waals surface area contributed by atoms with Crippen molar-refractivity contribution in [3.8, 4) is 6.07 Å². The zero-order valence-corrected chi connectivity index (χ0v) is 15.0. The van der Waals surface area contributed by atoms with Crippen LogP contribution in [0.1, 0.15) is 11.1 Å². The third-order valence-electron chi connectivity index (χ3n) is 3.61. The molecule has 0 heterocycles. The van der Waals surface area contributed by atoms with Gasteiger partial charge in [-0.25, -0.2) is 12.8 Å². The van der Waals surface area contributed by atoms with Gasteiger partial charge in [0.2, 0.25) is 15.9 Å². The van der Waals surface area contributed by atoms with Crippen molar-refractivity contribution >= 4 is 21.6 Å². The first-order valence-corrected chi connectivity index (χ1v) is 9.58. The molecule has 26 heavy (non-hydrogen) atoms. The van der Waals surface area contributed by atoms with Crippen LogP contribution in [0.4, 0.5) is 10.1 Å². The van der Waals surface area contributed by atoms with Gasteiger partial charge in [0.25, 0.3) is 0 Å². The summed E-state index contributed by atoms with van der Waals surface area (Å²) in [7, 11) is -3.71. The Hall–Kier alpha value is -2.76. The summed E-state index contributed by atoms with van der Waals surface area (Å²) in [6.07, 6.45) is 1.23. The first kappa shape index (κ1) is 19.6. The lowest BCUT2D eigenvalue weighted by atomic mass is 10.1.